The average molecular weight is 429 g/mol. The van der Waals surface area contributed by atoms with Gasteiger partial charge in [-0.2, -0.15) is 18.3 Å². The van der Waals surface area contributed by atoms with Crippen LogP contribution in [-0.4, -0.2) is 46.8 Å². The normalized spacial score (nSPS) is 17.9. The van der Waals surface area contributed by atoms with Gasteiger partial charge < -0.3 is 10.2 Å². The van der Waals surface area contributed by atoms with Crippen LogP contribution in [0.25, 0.3) is 5.69 Å². The molecule has 1 saturated heterocycles. The lowest BCUT2D eigenvalue weighted by Crippen LogP contribution is -2.44. The van der Waals surface area contributed by atoms with Gasteiger partial charge in [0.1, 0.15) is 0 Å². The molecular formula is C20H24ClF3N4O. The number of likely N-dealkylation sites (tertiary alicyclic amines) is 1. The molecule has 1 aliphatic carbocycles. The number of hydrogen-bond donors (Lipinski definition) is 1. The summed E-state index contributed by atoms with van der Waals surface area (Å²) in [6, 6.07) is 5.52. The van der Waals surface area contributed by atoms with Gasteiger partial charge in [0.2, 0.25) is 0 Å². The Morgan fingerprint density at radius 2 is 1.86 bits per heavy atom. The second-order valence-electron chi connectivity index (χ2n) is 7.53. The molecule has 0 atom stereocenters. The van der Waals surface area contributed by atoms with E-state index in [9.17, 15) is 18.0 Å². The Morgan fingerprint density at radius 3 is 2.45 bits per heavy atom. The highest BCUT2D eigenvalue weighted by Gasteiger charge is 2.36. The lowest BCUT2D eigenvalue weighted by molar-refractivity contribution is -0.137. The number of halogens is 4. The van der Waals surface area contributed by atoms with Crippen molar-refractivity contribution in [1.82, 2.24) is 20.0 Å². The standard InChI is InChI=1S/C20H23F3N4O.ClH/c1-24-15-7-9-26(10-8-15)19(28)17-12-25-27(18(17)13-5-6-13)16-4-2-3-14(11-16)20(21,22)23;/h2-4,11-13,15,24H,5-10H2,1H3;1H. The molecule has 4 rings (SSSR count). The zero-order chi connectivity index (χ0) is 19.9. The monoisotopic (exact) mass is 428 g/mol. The maximum Gasteiger partial charge on any atom is 0.416 e. The van der Waals surface area contributed by atoms with Crippen molar-refractivity contribution in [3.05, 3.63) is 47.3 Å². The van der Waals surface area contributed by atoms with E-state index in [4.69, 9.17) is 0 Å². The number of carbonyl (C=O) groups excluding carboxylic acids is 1. The molecule has 1 N–H and O–H groups in total. The first-order valence-electron chi connectivity index (χ1n) is 9.60. The van der Waals surface area contributed by atoms with E-state index in [1.54, 1.807) is 6.07 Å². The molecule has 1 amide bonds. The van der Waals surface area contributed by atoms with E-state index >= 15 is 0 Å². The van der Waals surface area contributed by atoms with Crippen molar-refractivity contribution >= 4 is 18.3 Å². The van der Waals surface area contributed by atoms with E-state index in [-0.39, 0.29) is 24.2 Å². The third-order valence-electron chi connectivity index (χ3n) is 5.61. The number of aromatic nitrogens is 2. The summed E-state index contributed by atoms with van der Waals surface area (Å²) in [5, 5.41) is 7.55. The van der Waals surface area contributed by atoms with E-state index in [0.717, 1.165) is 43.5 Å². The van der Waals surface area contributed by atoms with Crippen molar-refractivity contribution in [1.29, 1.82) is 0 Å². The Kier molecular flexibility index (Phi) is 6.24. The Balaban J connectivity index is 0.00000240. The number of piperidine rings is 1. The summed E-state index contributed by atoms with van der Waals surface area (Å²) in [4.78, 5) is 14.9. The van der Waals surface area contributed by atoms with Crippen LogP contribution in [0, 0.1) is 0 Å². The van der Waals surface area contributed by atoms with Crippen LogP contribution in [0.15, 0.2) is 30.5 Å². The predicted molar refractivity (Wildman–Crippen MR) is 106 cm³/mol. The molecule has 1 aliphatic heterocycles. The first kappa shape index (κ1) is 21.6. The molecule has 0 radical (unpaired) electrons. The number of amides is 1. The third-order valence-corrected chi connectivity index (χ3v) is 5.61. The Morgan fingerprint density at radius 1 is 1.17 bits per heavy atom. The second-order valence-corrected chi connectivity index (χ2v) is 7.53. The number of hydrogen-bond acceptors (Lipinski definition) is 3. The van der Waals surface area contributed by atoms with Crippen molar-refractivity contribution in [2.45, 2.75) is 43.8 Å². The number of benzene rings is 1. The summed E-state index contributed by atoms with van der Waals surface area (Å²) in [6.07, 6.45) is 0.727. The maximum absolute atomic E-state index is 13.1. The minimum absolute atomic E-state index is 0. The summed E-state index contributed by atoms with van der Waals surface area (Å²) in [6.45, 7) is 1.34. The molecule has 1 aromatic carbocycles. The molecule has 1 aromatic heterocycles. The number of alkyl halides is 3. The molecule has 29 heavy (non-hydrogen) atoms. The van der Waals surface area contributed by atoms with Crippen LogP contribution in [0.2, 0.25) is 0 Å². The van der Waals surface area contributed by atoms with E-state index in [1.807, 2.05) is 11.9 Å². The summed E-state index contributed by atoms with van der Waals surface area (Å²) in [5.41, 5.74) is 0.872. The van der Waals surface area contributed by atoms with Crippen molar-refractivity contribution in [3.63, 3.8) is 0 Å². The molecule has 2 aromatic rings. The minimum Gasteiger partial charge on any atom is -0.338 e. The molecule has 0 unspecified atom stereocenters. The largest absolute Gasteiger partial charge is 0.416 e. The molecule has 5 nitrogen and oxygen atoms in total. The lowest BCUT2D eigenvalue weighted by Gasteiger charge is -2.31. The summed E-state index contributed by atoms with van der Waals surface area (Å²) < 4.78 is 40.8. The van der Waals surface area contributed by atoms with E-state index in [0.29, 0.717) is 30.4 Å². The molecule has 158 valence electrons. The van der Waals surface area contributed by atoms with Gasteiger partial charge in [-0.1, -0.05) is 6.07 Å². The highest BCUT2D eigenvalue weighted by molar-refractivity contribution is 5.95. The summed E-state index contributed by atoms with van der Waals surface area (Å²) in [5.74, 6) is 0.0977. The summed E-state index contributed by atoms with van der Waals surface area (Å²) >= 11 is 0. The lowest BCUT2D eigenvalue weighted by atomic mass is 10.0. The Hall–Kier alpha value is -2.06. The van der Waals surface area contributed by atoms with Crippen LogP contribution < -0.4 is 5.32 Å². The number of nitrogens with one attached hydrogen (secondary N) is 1. The fraction of sp³-hybridized carbons (Fsp3) is 0.500. The minimum atomic E-state index is -4.42. The van der Waals surface area contributed by atoms with Gasteiger partial charge in [-0.05, 0) is 50.9 Å². The molecule has 2 fully saturated rings. The highest BCUT2D eigenvalue weighted by atomic mass is 35.5. The molecule has 9 heteroatoms. The van der Waals surface area contributed by atoms with Crippen LogP contribution in [0.5, 0.6) is 0 Å². The van der Waals surface area contributed by atoms with E-state index in [2.05, 4.69) is 10.4 Å². The van der Waals surface area contributed by atoms with Crippen LogP contribution in [0.4, 0.5) is 13.2 Å². The molecule has 1 saturated carbocycles. The van der Waals surface area contributed by atoms with Gasteiger partial charge in [-0.15, -0.1) is 12.4 Å². The van der Waals surface area contributed by atoms with Crippen LogP contribution in [-0.2, 0) is 6.18 Å². The average Bonchev–Trinajstić information content (AvgIpc) is 3.44. The molecule has 0 spiro atoms. The topological polar surface area (TPSA) is 50.2 Å². The zero-order valence-corrected chi connectivity index (χ0v) is 16.9. The van der Waals surface area contributed by atoms with Gasteiger partial charge in [0, 0.05) is 25.0 Å². The Labute approximate surface area is 173 Å². The number of nitrogens with zero attached hydrogens (tertiary/aromatic N) is 3. The van der Waals surface area contributed by atoms with Crippen molar-refractivity contribution < 1.29 is 18.0 Å². The van der Waals surface area contributed by atoms with Crippen LogP contribution >= 0.6 is 12.4 Å². The fourth-order valence-corrected chi connectivity index (χ4v) is 3.83. The molecular weight excluding hydrogens is 405 g/mol. The number of carbonyl (C=O) groups is 1. The second kappa shape index (κ2) is 8.36. The van der Waals surface area contributed by atoms with Crippen LogP contribution in [0.3, 0.4) is 0 Å². The van der Waals surface area contributed by atoms with Gasteiger partial charge >= 0.3 is 6.18 Å². The van der Waals surface area contributed by atoms with Gasteiger partial charge in [0.25, 0.3) is 5.91 Å². The molecule has 2 aliphatic rings. The van der Waals surface area contributed by atoms with Crippen molar-refractivity contribution in [2.24, 2.45) is 0 Å². The van der Waals surface area contributed by atoms with E-state index < -0.39 is 11.7 Å². The zero-order valence-electron chi connectivity index (χ0n) is 16.1. The summed E-state index contributed by atoms with van der Waals surface area (Å²) in [7, 11) is 1.92. The van der Waals surface area contributed by atoms with Crippen molar-refractivity contribution in [3.8, 4) is 5.69 Å². The van der Waals surface area contributed by atoms with E-state index in [1.165, 1.54) is 16.9 Å². The first-order chi connectivity index (χ1) is 13.4. The third kappa shape index (κ3) is 4.43. The van der Waals surface area contributed by atoms with Gasteiger partial charge in [0.05, 0.1) is 28.7 Å². The predicted octanol–water partition coefficient (Wildman–Crippen LogP) is 4.01. The maximum atomic E-state index is 13.1. The SMILES string of the molecule is CNC1CCN(C(=O)c2cnn(-c3cccc(C(F)(F)F)c3)c2C2CC2)CC1.Cl. The van der Waals surface area contributed by atoms with Gasteiger partial charge in [-0.3, -0.25) is 4.79 Å². The first-order valence-corrected chi connectivity index (χ1v) is 9.60. The van der Waals surface area contributed by atoms with Crippen molar-refractivity contribution in [2.75, 3.05) is 20.1 Å². The Bertz CT molecular complexity index is 871. The smallest absolute Gasteiger partial charge is 0.338 e. The van der Waals surface area contributed by atoms with Gasteiger partial charge in [-0.25, -0.2) is 4.68 Å². The number of rotatable bonds is 4. The fourth-order valence-electron chi connectivity index (χ4n) is 3.83. The van der Waals surface area contributed by atoms with Crippen LogP contribution in [0.1, 0.15) is 53.2 Å². The van der Waals surface area contributed by atoms with Gasteiger partial charge in [0.15, 0.2) is 0 Å². The quantitative estimate of drug-likeness (QED) is 0.800. The highest BCUT2D eigenvalue weighted by Crippen LogP contribution is 2.43. The molecule has 2 heterocycles. The molecule has 0 bridgehead atoms.